The lowest BCUT2D eigenvalue weighted by Gasteiger charge is -2.46. The number of hydrogen-bond acceptors (Lipinski definition) is 3. The van der Waals surface area contributed by atoms with Gasteiger partial charge in [0.2, 0.25) is 0 Å². The minimum atomic E-state index is -0.363. The van der Waals surface area contributed by atoms with Crippen LogP contribution in [0.4, 0.5) is 5.69 Å². The number of benzene rings is 2. The first-order valence-electron chi connectivity index (χ1n) is 8.72. The minimum absolute atomic E-state index is 0.0775. The lowest BCUT2D eigenvalue weighted by Crippen LogP contribution is -2.62. The van der Waals surface area contributed by atoms with E-state index in [0.717, 1.165) is 38.2 Å². The fraction of sp³-hybridized carbons (Fsp3) is 0.350. The quantitative estimate of drug-likeness (QED) is 0.861. The van der Waals surface area contributed by atoms with Crippen LogP contribution >= 0.6 is 11.6 Å². The van der Waals surface area contributed by atoms with E-state index in [-0.39, 0.29) is 11.6 Å². The Labute approximate surface area is 153 Å². The van der Waals surface area contributed by atoms with Crippen LogP contribution in [-0.2, 0) is 6.54 Å². The molecule has 0 aromatic heterocycles. The topological polar surface area (TPSA) is 44.4 Å². The van der Waals surface area contributed by atoms with E-state index in [0.29, 0.717) is 10.6 Å². The Kier molecular flexibility index (Phi) is 4.18. The number of nitrogens with zero attached hydrogens (tertiary/aromatic N) is 1. The molecule has 1 saturated heterocycles. The van der Waals surface area contributed by atoms with Crippen molar-refractivity contribution in [1.29, 1.82) is 0 Å². The predicted octanol–water partition coefficient (Wildman–Crippen LogP) is 3.80. The fourth-order valence-electron chi connectivity index (χ4n) is 3.72. The molecule has 2 N–H and O–H groups in total. The molecule has 2 heterocycles. The molecule has 0 saturated carbocycles. The van der Waals surface area contributed by atoms with E-state index in [9.17, 15) is 4.79 Å². The van der Waals surface area contributed by atoms with E-state index < -0.39 is 0 Å². The van der Waals surface area contributed by atoms with E-state index in [4.69, 9.17) is 11.6 Å². The van der Waals surface area contributed by atoms with E-state index in [1.165, 1.54) is 11.1 Å². The molecule has 2 aliphatic heterocycles. The Balaban J connectivity index is 1.45. The molecule has 0 bridgehead atoms. The molecule has 4 rings (SSSR count). The van der Waals surface area contributed by atoms with Gasteiger partial charge in [-0.15, -0.1) is 0 Å². The molecule has 2 aromatic carbocycles. The van der Waals surface area contributed by atoms with E-state index in [1.807, 2.05) is 12.1 Å². The van der Waals surface area contributed by atoms with Crippen LogP contribution < -0.4 is 10.6 Å². The number of piperidine rings is 1. The summed E-state index contributed by atoms with van der Waals surface area (Å²) in [5.74, 6) is -0.0775. The lowest BCUT2D eigenvalue weighted by atomic mass is 9.92. The molecule has 0 aliphatic carbocycles. The van der Waals surface area contributed by atoms with Crippen LogP contribution in [0.5, 0.6) is 0 Å². The third-order valence-corrected chi connectivity index (χ3v) is 5.52. The maximum absolute atomic E-state index is 12.5. The van der Waals surface area contributed by atoms with Gasteiger partial charge in [0, 0.05) is 32.5 Å². The second-order valence-corrected chi connectivity index (χ2v) is 7.49. The average Bonchev–Trinajstić information content (AvgIpc) is 2.59. The standard InChI is InChI=1S/C20H22ClN3O/c1-14-5-7-15(8-6-14)13-24-11-9-20(10-12-24)22-17-4-2-3-16(21)18(17)19(25)23-20/h2-8,22H,9-13H2,1H3,(H,23,25). The van der Waals surface area contributed by atoms with Crippen molar-refractivity contribution < 1.29 is 4.79 Å². The number of halogens is 1. The van der Waals surface area contributed by atoms with Gasteiger partial charge in [-0.1, -0.05) is 47.5 Å². The Bertz CT molecular complexity index is 795. The van der Waals surface area contributed by atoms with Gasteiger partial charge >= 0.3 is 0 Å². The van der Waals surface area contributed by atoms with Crippen LogP contribution in [0.1, 0.15) is 34.3 Å². The number of nitrogens with one attached hydrogen (secondary N) is 2. The number of likely N-dealkylation sites (tertiary alicyclic amines) is 1. The van der Waals surface area contributed by atoms with Crippen molar-refractivity contribution in [3.05, 3.63) is 64.2 Å². The summed E-state index contributed by atoms with van der Waals surface area (Å²) in [6.07, 6.45) is 1.74. The fourth-order valence-corrected chi connectivity index (χ4v) is 3.98. The number of fused-ring (bicyclic) bond motifs is 1. The molecule has 5 heteroatoms. The molecule has 0 unspecified atom stereocenters. The minimum Gasteiger partial charge on any atom is -0.362 e. The normalized spacial score (nSPS) is 19.2. The van der Waals surface area contributed by atoms with Crippen molar-refractivity contribution in [2.24, 2.45) is 0 Å². The van der Waals surface area contributed by atoms with E-state index in [1.54, 1.807) is 6.07 Å². The number of amides is 1. The third kappa shape index (κ3) is 3.24. The zero-order valence-electron chi connectivity index (χ0n) is 14.3. The van der Waals surface area contributed by atoms with Crippen molar-refractivity contribution in [3.8, 4) is 0 Å². The van der Waals surface area contributed by atoms with Crippen molar-refractivity contribution in [2.45, 2.75) is 32.0 Å². The number of carbonyl (C=O) groups is 1. The Morgan fingerprint density at radius 1 is 1.08 bits per heavy atom. The summed E-state index contributed by atoms with van der Waals surface area (Å²) in [5.41, 5.74) is 3.64. The van der Waals surface area contributed by atoms with Crippen LogP contribution in [0, 0.1) is 6.92 Å². The highest BCUT2D eigenvalue weighted by atomic mass is 35.5. The Hall–Kier alpha value is -2.04. The number of aryl methyl sites for hydroxylation is 1. The average molecular weight is 356 g/mol. The molecule has 1 fully saturated rings. The van der Waals surface area contributed by atoms with E-state index >= 15 is 0 Å². The first-order chi connectivity index (χ1) is 12.0. The Morgan fingerprint density at radius 3 is 2.52 bits per heavy atom. The van der Waals surface area contributed by atoms with Crippen LogP contribution in [0.25, 0.3) is 0 Å². The summed E-state index contributed by atoms with van der Waals surface area (Å²) in [7, 11) is 0. The lowest BCUT2D eigenvalue weighted by molar-refractivity contribution is 0.0822. The van der Waals surface area contributed by atoms with Gasteiger partial charge in [-0.3, -0.25) is 9.69 Å². The van der Waals surface area contributed by atoms with Crippen molar-refractivity contribution in [1.82, 2.24) is 10.2 Å². The SMILES string of the molecule is Cc1ccc(CN2CCC3(CC2)NC(=O)c2c(Cl)cccc2N3)cc1. The van der Waals surface area contributed by atoms with Gasteiger partial charge in [-0.2, -0.15) is 0 Å². The van der Waals surface area contributed by atoms with Gasteiger partial charge in [-0.25, -0.2) is 0 Å². The summed E-state index contributed by atoms with van der Waals surface area (Å²) in [6, 6.07) is 14.3. The van der Waals surface area contributed by atoms with Gasteiger partial charge in [-0.05, 0) is 24.6 Å². The highest BCUT2D eigenvalue weighted by Gasteiger charge is 2.40. The second-order valence-electron chi connectivity index (χ2n) is 7.09. The zero-order chi connectivity index (χ0) is 17.4. The third-order valence-electron chi connectivity index (χ3n) is 5.20. The second kappa shape index (κ2) is 6.36. The largest absolute Gasteiger partial charge is 0.362 e. The van der Waals surface area contributed by atoms with Gasteiger partial charge in [0.25, 0.3) is 5.91 Å². The highest BCUT2D eigenvalue weighted by molar-refractivity contribution is 6.34. The number of anilines is 1. The maximum atomic E-state index is 12.5. The van der Waals surface area contributed by atoms with Gasteiger partial charge < -0.3 is 10.6 Å². The smallest absolute Gasteiger partial charge is 0.256 e. The summed E-state index contributed by atoms with van der Waals surface area (Å²) in [4.78, 5) is 15.0. The molecule has 2 aromatic rings. The number of hydrogen-bond donors (Lipinski definition) is 2. The van der Waals surface area contributed by atoms with Gasteiger partial charge in [0.15, 0.2) is 0 Å². The monoisotopic (exact) mass is 355 g/mol. The van der Waals surface area contributed by atoms with Crippen molar-refractivity contribution in [2.75, 3.05) is 18.4 Å². The summed E-state index contributed by atoms with van der Waals surface area (Å²) >= 11 is 6.18. The predicted molar refractivity (Wildman–Crippen MR) is 101 cm³/mol. The number of rotatable bonds is 2. The van der Waals surface area contributed by atoms with Crippen molar-refractivity contribution >= 4 is 23.2 Å². The molecule has 25 heavy (non-hydrogen) atoms. The zero-order valence-corrected chi connectivity index (χ0v) is 15.1. The molecule has 0 radical (unpaired) electrons. The van der Waals surface area contributed by atoms with Crippen molar-refractivity contribution in [3.63, 3.8) is 0 Å². The van der Waals surface area contributed by atoms with Crippen LogP contribution in [0.3, 0.4) is 0 Å². The first kappa shape index (κ1) is 16.4. The molecule has 2 aliphatic rings. The summed E-state index contributed by atoms with van der Waals surface area (Å²) in [5, 5.41) is 7.19. The molecule has 1 amide bonds. The van der Waals surface area contributed by atoms with Gasteiger partial charge in [0.05, 0.1) is 16.3 Å². The molecule has 130 valence electrons. The van der Waals surface area contributed by atoms with E-state index in [2.05, 4.69) is 46.7 Å². The summed E-state index contributed by atoms with van der Waals surface area (Å²) < 4.78 is 0. The molecular formula is C20H22ClN3O. The van der Waals surface area contributed by atoms with Crippen LogP contribution in [0.15, 0.2) is 42.5 Å². The highest BCUT2D eigenvalue weighted by Crippen LogP contribution is 2.34. The summed E-state index contributed by atoms with van der Waals surface area (Å²) in [6.45, 7) is 4.94. The van der Waals surface area contributed by atoms with Crippen LogP contribution in [-0.4, -0.2) is 29.6 Å². The molecular weight excluding hydrogens is 334 g/mol. The maximum Gasteiger partial charge on any atom is 0.256 e. The molecule has 0 atom stereocenters. The first-order valence-corrected chi connectivity index (χ1v) is 9.10. The number of carbonyl (C=O) groups excluding carboxylic acids is 1. The molecule has 4 nitrogen and oxygen atoms in total. The van der Waals surface area contributed by atoms with Crippen LogP contribution in [0.2, 0.25) is 5.02 Å². The molecule has 1 spiro atoms. The Morgan fingerprint density at radius 2 is 1.80 bits per heavy atom. The van der Waals surface area contributed by atoms with Gasteiger partial charge in [0.1, 0.15) is 5.66 Å².